The molecule has 3 N–H and O–H groups in total. The maximum atomic E-state index is 11.9. The van der Waals surface area contributed by atoms with Gasteiger partial charge in [0.1, 0.15) is 17.4 Å². The number of carbonyl (C=O) groups is 1. The average molecular weight is 271 g/mol. The number of nitrogens with one attached hydrogen (secondary N) is 2. The Morgan fingerprint density at radius 3 is 2.70 bits per heavy atom. The van der Waals surface area contributed by atoms with E-state index in [9.17, 15) is 9.90 Å². The number of phenols is 1. The highest BCUT2D eigenvalue weighted by Crippen LogP contribution is 2.22. The van der Waals surface area contributed by atoms with Crippen LogP contribution < -0.4 is 10.6 Å². The van der Waals surface area contributed by atoms with Crippen LogP contribution >= 0.6 is 0 Å². The molecule has 1 aliphatic rings. The summed E-state index contributed by atoms with van der Waals surface area (Å²) in [4.78, 5) is 11.9. The van der Waals surface area contributed by atoms with Crippen LogP contribution in [0.2, 0.25) is 0 Å². The summed E-state index contributed by atoms with van der Waals surface area (Å²) in [7, 11) is 0. The van der Waals surface area contributed by atoms with Crippen LogP contribution in [0.5, 0.6) is 5.75 Å². The van der Waals surface area contributed by atoms with Crippen molar-refractivity contribution in [2.45, 2.75) is 31.7 Å². The van der Waals surface area contributed by atoms with Gasteiger partial charge in [0.05, 0.1) is 5.69 Å². The second-order valence-electron chi connectivity index (χ2n) is 4.79. The van der Waals surface area contributed by atoms with Crippen LogP contribution in [0.3, 0.4) is 0 Å². The van der Waals surface area contributed by atoms with Gasteiger partial charge in [0.15, 0.2) is 0 Å². The Hall–Kier alpha value is -2.48. The molecule has 1 amide bonds. The first-order chi connectivity index (χ1) is 9.70. The van der Waals surface area contributed by atoms with Gasteiger partial charge in [-0.1, -0.05) is 25.0 Å². The summed E-state index contributed by atoms with van der Waals surface area (Å²) >= 11 is 0. The number of aromatic hydroxyl groups is 1. The number of rotatable bonds is 4. The first-order valence-electron chi connectivity index (χ1n) is 6.66. The van der Waals surface area contributed by atoms with Gasteiger partial charge in [-0.15, -0.1) is 0 Å². The van der Waals surface area contributed by atoms with Crippen molar-refractivity contribution in [3.05, 3.63) is 36.0 Å². The van der Waals surface area contributed by atoms with E-state index in [1.54, 1.807) is 18.2 Å². The van der Waals surface area contributed by atoms with E-state index in [0.29, 0.717) is 11.7 Å². The number of phenolic OH excluding ortho intramolecular Hbond substituents is 1. The smallest absolute Gasteiger partial charge is 0.267 e. The Morgan fingerprint density at radius 1 is 1.35 bits per heavy atom. The molecule has 0 radical (unpaired) electrons. The molecule has 1 saturated carbocycles. The van der Waals surface area contributed by atoms with Crippen LogP contribution in [-0.4, -0.2) is 17.1 Å². The molecule has 1 aromatic rings. The van der Waals surface area contributed by atoms with E-state index in [4.69, 9.17) is 5.26 Å². The van der Waals surface area contributed by atoms with Crippen LogP contribution in [0.1, 0.15) is 25.7 Å². The van der Waals surface area contributed by atoms with Crippen molar-refractivity contribution in [3.8, 4) is 11.8 Å². The van der Waals surface area contributed by atoms with E-state index in [2.05, 4.69) is 10.6 Å². The van der Waals surface area contributed by atoms with Crippen molar-refractivity contribution in [2.24, 2.45) is 0 Å². The fourth-order valence-electron chi connectivity index (χ4n) is 2.21. The molecule has 0 heterocycles. The van der Waals surface area contributed by atoms with Crippen molar-refractivity contribution in [3.63, 3.8) is 0 Å². The Balaban J connectivity index is 2.00. The molecule has 5 nitrogen and oxygen atoms in total. The molecule has 1 aliphatic carbocycles. The third-order valence-corrected chi connectivity index (χ3v) is 3.34. The van der Waals surface area contributed by atoms with Gasteiger partial charge >= 0.3 is 0 Å². The van der Waals surface area contributed by atoms with Gasteiger partial charge in [-0.25, -0.2) is 0 Å². The number of nitriles is 1. The van der Waals surface area contributed by atoms with E-state index >= 15 is 0 Å². The molecule has 5 heteroatoms. The third kappa shape index (κ3) is 3.51. The summed E-state index contributed by atoms with van der Waals surface area (Å²) in [6.45, 7) is 0. The van der Waals surface area contributed by atoms with Gasteiger partial charge in [-0.05, 0) is 25.0 Å². The van der Waals surface area contributed by atoms with E-state index in [0.717, 1.165) is 12.8 Å². The number of para-hydroxylation sites is 2. The number of anilines is 1. The standard InChI is InChI=1S/C15H17N3O2/c16-9-11(10-17-12-5-1-2-6-12)15(20)18-13-7-3-4-8-14(13)19/h3-4,7-8,10,12,17,19H,1-2,5-6H2,(H,18,20)/b11-10-. The molecule has 20 heavy (non-hydrogen) atoms. The van der Waals surface area contributed by atoms with Crippen LogP contribution in [0.25, 0.3) is 0 Å². The highest BCUT2D eigenvalue weighted by molar-refractivity contribution is 6.07. The Bertz CT molecular complexity index is 554. The molecule has 0 spiro atoms. The van der Waals surface area contributed by atoms with Crippen LogP contribution in [0.4, 0.5) is 5.69 Å². The third-order valence-electron chi connectivity index (χ3n) is 3.34. The molecule has 1 fully saturated rings. The zero-order chi connectivity index (χ0) is 14.4. The minimum absolute atomic E-state index is 0.000142. The van der Waals surface area contributed by atoms with Crippen molar-refractivity contribution in [1.82, 2.24) is 5.32 Å². The van der Waals surface area contributed by atoms with Crippen molar-refractivity contribution in [2.75, 3.05) is 5.32 Å². The predicted octanol–water partition coefficient (Wildman–Crippen LogP) is 2.27. The van der Waals surface area contributed by atoms with Gasteiger partial charge in [0, 0.05) is 12.2 Å². The lowest BCUT2D eigenvalue weighted by Gasteiger charge is -2.10. The monoisotopic (exact) mass is 271 g/mol. The zero-order valence-electron chi connectivity index (χ0n) is 11.1. The fraction of sp³-hybridized carbons (Fsp3) is 0.333. The lowest BCUT2D eigenvalue weighted by molar-refractivity contribution is -0.112. The summed E-state index contributed by atoms with van der Waals surface area (Å²) in [5, 5.41) is 24.2. The minimum atomic E-state index is -0.528. The van der Waals surface area contributed by atoms with E-state index in [-0.39, 0.29) is 11.3 Å². The topological polar surface area (TPSA) is 85.2 Å². The molecule has 0 atom stereocenters. The van der Waals surface area contributed by atoms with E-state index in [1.807, 2.05) is 6.07 Å². The number of benzene rings is 1. The number of nitrogens with zero attached hydrogens (tertiary/aromatic N) is 1. The molecule has 2 rings (SSSR count). The van der Waals surface area contributed by atoms with Crippen LogP contribution in [0, 0.1) is 11.3 Å². The normalized spacial score (nSPS) is 15.7. The van der Waals surface area contributed by atoms with Crippen molar-refractivity contribution < 1.29 is 9.90 Å². The lowest BCUT2D eigenvalue weighted by Crippen LogP contribution is -2.23. The highest BCUT2D eigenvalue weighted by Gasteiger charge is 2.15. The molecule has 0 aromatic heterocycles. The summed E-state index contributed by atoms with van der Waals surface area (Å²) in [5.74, 6) is -0.554. The first-order valence-corrected chi connectivity index (χ1v) is 6.66. The lowest BCUT2D eigenvalue weighted by atomic mass is 10.2. The number of hydrogen-bond acceptors (Lipinski definition) is 4. The zero-order valence-corrected chi connectivity index (χ0v) is 11.1. The Labute approximate surface area is 117 Å². The second-order valence-corrected chi connectivity index (χ2v) is 4.79. The summed E-state index contributed by atoms with van der Waals surface area (Å²) in [6, 6.07) is 8.62. The summed E-state index contributed by atoms with van der Waals surface area (Å²) < 4.78 is 0. The molecule has 0 unspecified atom stereocenters. The Morgan fingerprint density at radius 2 is 2.05 bits per heavy atom. The quantitative estimate of drug-likeness (QED) is 0.445. The van der Waals surface area contributed by atoms with Gasteiger partial charge in [-0.2, -0.15) is 5.26 Å². The summed E-state index contributed by atoms with van der Waals surface area (Å²) in [5.41, 5.74) is 0.291. The largest absolute Gasteiger partial charge is 0.506 e. The molecular weight excluding hydrogens is 254 g/mol. The molecule has 0 saturated heterocycles. The minimum Gasteiger partial charge on any atom is -0.506 e. The second kappa shape index (κ2) is 6.62. The highest BCUT2D eigenvalue weighted by atomic mass is 16.3. The average Bonchev–Trinajstić information content (AvgIpc) is 2.95. The van der Waals surface area contributed by atoms with E-state index < -0.39 is 5.91 Å². The van der Waals surface area contributed by atoms with Gasteiger partial charge < -0.3 is 15.7 Å². The SMILES string of the molecule is N#C/C(=C/NC1CCCC1)C(=O)Nc1ccccc1O. The molecular formula is C15H17N3O2. The van der Waals surface area contributed by atoms with Crippen LogP contribution in [0.15, 0.2) is 36.0 Å². The van der Waals surface area contributed by atoms with E-state index in [1.165, 1.54) is 25.1 Å². The number of amides is 1. The molecule has 104 valence electrons. The number of hydrogen-bond donors (Lipinski definition) is 3. The first kappa shape index (κ1) is 13.9. The summed E-state index contributed by atoms with van der Waals surface area (Å²) in [6.07, 6.45) is 5.95. The van der Waals surface area contributed by atoms with Gasteiger partial charge in [0.25, 0.3) is 5.91 Å². The molecule has 0 bridgehead atoms. The van der Waals surface area contributed by atoms with Crippen molar-refractivity contribution >= 4 is 11.6 Å². The fourth-order valence-corrected chi connectivity index (χ4v) is 2.21. The maximum absolute atomic E-state index is 11.9. The number of carbonyl (C=O) groups excluding carboxylic acids is 1. The van der Waals surface area contributed by atoms with Crippen LogP contribution in [-0.2, 0) is 4.79 Å². The van der Waals surface area contributed by atoms with Crippen molar-refractivity contribution in [1.29, 1.82) is 5.26 Å². The molecule has 1 aromatic carbocycles. The van der Waals surface area contributed by atoms with Gasteiger partial charge in [-0.3, -0.25) is 4.79 Å². The predicted molar refractivity (Wildman–Crippen MR) is 75.8 cm³/mol. The Kier molecular flexibility index (Phi) is 4.61. The maximum Gasteiger partial charge on any atom is 0.267 e. The van der Waals surface area contributed by atoms with Gasteiger partial charge in [0.2, 0.25) is 0 Å². The molecule has 0 aliphatic heterocycles.